The van der Waals surface area contributed by atoms with Crippen molar-refractivity contribution in [1.82, 2.24) is 0 Å². The fourth-order valence-corrected chi connectivity index (χ4v) is 0.536. The van der Waals surface area contributed by atoms with Gasteiger partial charge in [0.25, 0.3) is 0 Å². The third-order valence-corrected chi connectivity index (χ3v) is 2.16. The first-order chi connectivity index (χ1) is 4.09. The van der Waals surface area contributed by atoms with Crippen LogP contribution in [0.3, 0.4) is 0 Å². The highest BCUT2D eigenvalue weighted by Gasteiger charge is 2.20. The van der Waals surface area contributed by atoms with Gasteiger partial charge >= 0.3 is 5.97 Å². The molecule has 0 rings (SSSR count). The Hall–Kier alpha value is -0.0900. The lowest BCUT2D eigenvalue weighted by Gasteiger charge is -2.11. The van der Waals surface area contributed by atoms with Gasteiger partial charge in [-0.3, -0.25) is 4.79 Å². The molecule has 0 heterocycles. The van der Waals surface area contributed by atoms with Crippen molar-refractivity contribution in [3.8, 4) is 0 Å². The second-order valence-corrected chi connectivity index (χ2v) is 2.67. The molecule has 0 aromatic rings. The average molecular weight is 197 g/mol. The van der Waals surface area contributed by atoms with Gasteiger partial charge in [0.1, 0.15) is 4.83 Å². The van der Waals surface area contributed by atoms with Gasteiger partial charge in [0, 0.05) is 7.11 Å². The minimum Gasteiger partial charge on any atom is -0.480 e. The summed E-state index contributed by atoms with van der Waals surface area (Å²) in [5.41, 5.74) is 0. The van der Waals surface area contributed by atoms with Crippen LogP contribution in [0.2, 0.25) is 0 Å². The van der Waals surface area contributed by atoms with E-state index in [-0.39, 0.29) is 6.10 Å². The molecule has 0 saturated heterocycles. The number of ether oxygens (including phenoxy) is 1. The third-order valence-electron chi connectivity index (χ3n) is 1.02. The predicted octanol–water partition coefficient (Wildman–Crippen LogP) is 0.869. The first kappa shape index (κ1) is 8.91. The molecule has 0 amide bonds. The van der Waals surface area contributed by atoms with Crippen molar-refractivity contribution < 1.29 is 14.6 Å². The van der Waals surface area contributed by atoms with Crippen LogP contribution < -0.4 is 0 Å². The van der Waals surface area contributed by atoms with E-state index < -0.39 is 10.8 Å². The zero-order valence-corrected chi connectivity index (χ0v) is 6.88. The molecular weight excluding hydrogens is 188 g/mol. The van der Waals surface area contributed by atoms with E-state index in [2.05, 4.69) is 15.9 Å². The molecule has 1 unspecified atom stereocenters. The maximum Gasteiger partial charge on any atom is 0.319 e. The molecule has 9 heavy (non-hydrogen) atoms. The lowest BCUT2D eigenvalue weighted by molar-refractivity contribution is -0.138. The van der Waals surface area contributed by atoms with Gasteiger partial charge in [-0.15, -0.1) is 0 Å². The summed E-state index contributed by atoms with van der Waals surface area (Å²) in [7, 11) is 1.47. The van der Waals surface area contributed by atoms with Crippen molar-refractivity contribution in [1.29, 1.82) is 0 Å². The lowest BCUT2D eigenvalue weighted by Crippen LogP contribution is -2.27. The Labute approximate surface area is 62.1 Å². The Kier molecular flexibility index (Phi) is 3.81. The molecule has 2 atom stereocenters. The van der Waals surface area contributed by atoms with E-state index in [0.717, 1.165) is 0 Å². The third kappa shape index (κ3) is 2.81. The van der Waals surface area contributed by atoms with Crippen LogP contribution in [0, 0.1) is 0 Å². The van der Waals surface area contributed by atoms with Crippen LogP contribution in [0.15, 0.2) is 0 Å². The monoisotopic (exact) mass is 196 g/mol. The van der Waals surface area contributed by atoms with Crippen molar-refractivity contribution in [2.24, 2.45) is 0 Å². The summed E-state index contributed by atoms with van der Waals surface area (Å²) in [5.74, 6) is -0.899. The van der Waals surface area contributed by atoms with E-state index in [1.807, 2.05) is 0 Å². The minimum atomic E-state index is -0.899. The van der Waals surface area contributed by atoms with Gasteiger partial charge in [-0.1, -0.05) is 15.9 Å². The van der Waals surface area contributed by atoms with Crippen molar-refractivity contribution in [3.05, 3.63) is 0 Å². The minimum absolute atomic E-state index is 0.289. The summed E-state index contributed by atoms with van der Waals surface area (Å²) in [6, 6.07) is 0. The van der Waals surface area contributed by atoms with E-state index in [0.29, 0.717) is 0 Å². The van der Waals surface area contributed by atoms with Crippen molar-refractivity contribution >= 4 is 21.9 Å². The molecule has 4 heteroatoms. The van der Waals surface area contributed by atoms with Crippen LogP contribution in [0.25, 0.3) is 0 Å². The molecule has 0 spiro atoms. The number of alkyl halides is 1. The first-order valence-electron chi connectivity index (χ1n) is 2.49. The number of carboxylic acids is 1. The van der Waals surface area contributed by atoms with Gasteiger partial charge in [0.2, 0.25) is 0 Å². The largest absolute Gasteiger partial charge is 0.480 e. The summed E-state index contributed by atoms with van der Waals surface area (Å²) < 4.78 is 4.75. The number of methoxy groups -OCH3 is 1. The summed E-state index contributed by atoms with van der Waals surface area (Å²) in [6.45, 7) is 1.69. The Morgan fingerprint density at radius 3 is 2.33 bits per heavy atom. The zero-order chi connectivity index (χ0) is 7.44. The topological polar surface area (TPSA) is 46.5 Å². The second-order valence-electron chi connectivity index (χ2n) is 1.68. The maximum atomic E-state index is 10.2. The number of hydrogen-bond acceptors (Lipinski definition) is 2. The quantitative estimate of drug-likeness (QED) is 0.682. The Morgan fingerprint density at radius 2 is 2.22 bits per heavy atom. The fourth-order valence-electron chi connectivity index (χ4n) is 0.320. The zero-order valence-electron chi connectivity index (χ0n) is 5.30. The molecule has 0 aliphatic carbocycles. The molecule has 0 saturated carbocycles. The van der Waals surface area contributed by atoms with Gasteiger partial charge in [0.05, 0.1) is 6.10 Å². The maximum absolute atomic E-state index is 10.2. The van der Waals surface area contributed by atoms with Gasteiger partial charge < -0.3 is 9.84 Å². The number of carboxylic acid groups (broad SMARTS) is 1. The summed E-state index contributed by atoms with van der Waals surface area (Å²) >= 11 is 2.94. The Balaban J connectivity index is 3.72. The van der Waals surface area contributed by atoms with Gasteiger partial charge in [0.15, 0.2) is 0 Å². The second kappa shape index (κ2) is 3.85. The molecule has 0 bridgehead atoms. The first-order valence-corrected chi connectivity index (χ1v) is 3.40. The highest BCUT2D eigenvalue weighted by molar-refractivity contribution is 9.10. The molecule has 0 aromatic heterocycles. The van der Waals surface area contributed by atoms with Crippen LogP contribution in [0.5, 0.6) is 0 Å². The molecule has 3 nitrogen and oxygen atoms in total. The molecular formula is C5H9BrO3. The number of hydrogen-bond donors (Lipinski definition) is 1. The van der Waals surface area contributed by atoms with Gasteiger partial charge in [-0.2, -0.15) is 0 Å². The molecule has 0 aromatic carbocycles. The van der Waals surface area contributed by atoms with Crippen LogP contribution in [0.4, 0.5) is 0 Å². The van der Waals surface area contributed by atoms with Crippen LogP contribution in [-0.2, 0) is 9.53 Å². The Bertz CT molecular complexity index is 104. The van der Waals surface area contributed by atoms with Crippen LogP contribution >= 0.6 is 15.9 Å². The van der Waals surface area contributed by atoms with Crippen LogP contribution in [0.1, 0.15) is 6.92 Å². The van der Waals surface area contributed by atoms with Gasteiger partial charge in [-0.25, -0.2) is 0 Å². The van der Waals surface area contributed by atoms with Gasteiger partial charge in [-0.05, 0) is 6.92 Å². The van der Waals surface area contributed by atoms with Crippen molar-refractivity contribution in [3.63, 3.8) is 0 Å². The Morgan fingerprint density at radius 1 is 1.78 bits per heavy atom. The van der Waals surface area contributed by atoms with E-state index >= 15 is 0 Å². The van der Waals surface area contributed by atoms with E-state index in [4.69, 9.17) is 9.84 Å². The van der Waals surface area contributed by atoms with E-state index in [1.165, 1.54) is 7.11 Å². The standard InChI is InChI=1S/C5H9BrO3/c1-3(9-2)4(6)5(7)8/h3-4H,1-2H3,(H,7,8)/t3?,4-/m0/s1. The lowest BCUT2D eigenvalue weighted by atomic mass is 10.3. The highest BCUT2D eigenvalue weighted by atomic mass is 79.9. The van der Waals surface area contributed by atoms with Crippen molar-refractivity contribution in [2.45, 2.75) is 17.9 Å². The molecule has 54 valence electrons. The molecule has 0 aliphatic rings. The number of carbonyl (C=O) groups is 1. The molecule has 0 fully saturated rings. The SMILES string of the molecule is COC(C)[C@H](Br)C(=O)O. The molecule has 1 N–H and O–H groups in total. The normalized spacial score (nSPS) is 16.8. The van der Waals surface area contributed by atoms with Crippen molar-refractivity contribution in [2.75, 3.05) is 7.11 Å². The summed E-state index contributed by atoms with van der Waals surface area (Å²) in [6.07, 6.45) is -0.289. The predicted molar refractivity (Wildman–Crippen MR) is 36.8 cm³/mol. The summed E-state index contributed by atoms with van der Waals surface area (Å²) in [5, 5.41) is 8.36. The number of rotatable bonds is 3. The number of aliphatic carboxylic acids is 1. The van der Waals surface area contributed by atoms with E-state index in [1.54, 1.807) is 6.92 Å². The average Bonchev–Trinajstić information content (AvgIpc) is 1.84. The summed E-state index contributed by atoms with van der Waals surface area (Å²) in [4.78, 5) is 9.56. The fraction of sp³-hybridized carbons (Fsp3) is 0.800. The van der Waals surface area contributed by atoms with E-state index in [9.17, 15) is 4.79 Å². The molecule has 0 aliphatic heterocycles. The highest BCUT2D eigenvalue weighted by Crippen LogP contribution is 2.07. The number of halogens is 1. The smallest absolute Gasteiger partial charge is 0.319 e. The van der Waals surface area contributed by atoms with Crippen LogP contribution in [-0.4, -0.2) is 29.1 Å². The molecule has 0 radical (unpaired) electrons.